The Kier molecular flexibility index (Phi) is 9.56. The molecule has 10 nitrogen and oxygen atoms in total. The minimum absolute atomic E-state index is 0.0278. The first kappa shape index (κ1) is 30.3. The second kappa shape index (κ2) is 13.9. The van der Waals surface area contributed by atoms with Crippen LogP contribution < -0.4 is 14.8 Å². The van der Waals surface area contributed by atoms with Crippen molar-refractivity contribution in [1.82, 2.24) is 20.1 Å². The van der Waals surface area contributed by atoms with Gasteiger partial charge in [-0.2, -0.15) is 0 Å². The van der Waals surface area contributed by atoms with Crippen molar-refractivity contribution in [3.05, 3.63) is 135 Å². The molecule has 0 saturated carbocycles. The SMILES string of the molecule is COc1ccc(C(=O)NC(Cc2ccccc2)c2nnc(SCc3cccc(C)c3)n2-c2ccc([N+](=O)[O-])cc2)cc1OC. The maximum atomic E-state index is 13.7. The lowest BCUT2D eigenvalue weighted by Gasteiger charge is -2.21. The maximum Gasteiger partial charge on any atom is 0.269 e. The van der Waals surface area contributed by atoms with Gasteiger partial charge in [-0.25, -0.2) is 0 Å². The Morgan fingerprint density at radius 1 is 0.909 bits per heavy atom. The standard InChI is InChI=1S/C33H31N5O5S/c1-22-8-7-11-24(18-22)21-44-33-36-35-31(37(33)26-13-15-27(16-14-26)38(40)41)28(19-23-9-5-4-6-10-23)34-32(39)25-12-17-29(42-2)30(20-25)43-3/h4-18,20,28H,19,21H2,1-3H3,(H,34,39). The number of rotatable bonds is 12. The van der Waals surface area contributed by atoms with Crippen LogP contribution in [-0.2, 0) is 12.2 Å². The number of hydrogen-bond acceptors (Lipinski definition) is 8. The third-order valence-corrected chi connectivity index (χ3v) is 7.97. The Bertz CT molecular complexity index is 1760. The molecule has 1 aromatic heterocycles. The molecule has 0 fully saturated rings. The highest BCUT2D eigenvalue weighted by molar-refractivity contribution is 7.98. The van der Waals surface area contributed by atoms with Crippen LogP contribution >= 0.6 is 11.8 Å². The first-order valence-electron chi connectivity index (χ1n) is 13.8. The zero-order valence-electron chi connectivity index (χ0n) is 24.5. The van der Waals surface area contributed by atoms with E-state index in [9.17, 15) is 14.9 Å². The number of nitrogens with zero attached hydrogens (tertiary/aromatic N) is 4. The fourth-order valence-corrected chi connectivity index (χ4v) is 5.69. The Hall–Kier alpha value is -5.16. The average molecular weight is 610 g/mol. The van der Waals surface area contributed by atoms with Gasteiger partial charge in [0.2, 0.25) is 0 Å². The average Bonchev–Trinajstić information content (AvgIpc) is 3.47. The molecule has 1 atom stereocenters. The molecule has 0 spiro atoms. The molecular formula is C33H31N5O5S. The van der Waals surface area contributed by atoms with E-state index in [1.807, 2.05) is 54.0 Å². The number of nitrogens with one attached hydrogen (secondary N) is 1. The topological polar surface area (TPSA) is 121 Å². The number of non-ortho nitro benzene ring substituents is 1. The van der Waals surface area contributed by atoms with Crippen LogP contribution in [0.1, 0.15) is 38.9 Å². The second-order valence-electron chi connectivity index (χ2n) is 10.0. The van der Waals surface area contributed by atoms with Gasteiger partial charge < -0.3 is 14.8 Å². The van der Waals surface area contributed by atoms with Crippen molar-refractivity contribution in [2.24, 2.45) is 0 Å². The predicted molar refractivity (Wildman–Crippen MR) is 169 cm³/mol. The van der Waals surface area contributed by atoms with E-state index in [0.29, 0.717) is 45.9 Å². The number of thioether (sulfide) groups is 1. The van der Waals surface area contributed by atoms with E-state index < -0.39 is 11.0 Å². The molecule has 1 N–H and O–H groups in total. The summed E-state index contributed by atoms with van der Waals surface area (Å²) in [6.07, 6.45) is 0.424. The van der Waals surface area contributed by atoms with Gasteiger partial charge in [0.1, 0.15) is 0 Å². The molecule has 0 saturated heterocycles. The number of benzene rings is 4. The zero-order valence-corrected chi connectivity index (χ0v) is 25.3. The summed E-state index contributed by atoms with van der Waals surface area (Å²) < 4.78 is 12.6. The monoisotopic (exact) mass is 609 g/mol. The number of nitro groups is 1. The van der Waals surface area contributed by atoms with Crippen LogP contribution in [0.4, 0.5) is 5.69 Å². The summed E-state index contributed by atoms with van der Waals surface area (Å²) in [6.45, 7) is 2.04. The van der Waals surface area contributed by atoms with Gasteiger partial charge in [-0.1, -0.05) is 71.9 Å². The van der Waals surface area contributed by atoms with Gasteiger partial charge in [-0.3, -0.25) is 19.5 Å². The zero-order chi connectivity index (χ0) is 31.1. The molecule has 5 rings (SSSR count). The van der Waals surface area contributed by atoms with Crippen molar-refractivity contribution >= 4 is 23.4 Å². The smallest absolute Gasteiger partial charge is 0.269 e. The number of carbonyl (C=O) groups is 1. The Balaban J connectivity index is 1.55. The number of hydrogen-bond donors (Lipinski definition) is 1. The number of nitro benzene ring substituents is 1. The molecule has 224 valence electrons. The molecule has 0 aliphatic carbocycles. The van der Waals surface area contributed by atoms with Crippen LogP contribution in [0.5, 0.6) is 11.5 Å². The largest absolute Gasteiger partial charge is 0.493 e. The lowest BCUT2D eigenvalue weighted by Crippen LogP contribution is -2.32. The molecule has 0 radical (unpaired) electrons. The van der Waals surface area contributed by atoms with Gasteiger partial charge in [-0.15, -0.1) is 10.2 Å². The number of carbonyl (C=O) groups excluding carboxylic acids is 1. The molecular weight excluding hydrogens is 578 g/mol. The molecule has 0 aliphatic heterocycles. The molecule has 4 aromatic carbocycles. The lowest BCUT2D eigenvalue weighted by molar-refractivity contribution is -0.384. The summed E-state index contributed by atoms with van der Waals surface area (Å²) in [6, 6.07) is 28.6. The van der Waals surface area contributed by atoms with E-state index in [-0.39, 0.29) is 11.6 Å². The molecule has 1 amide bonds. The third kappa shape index (κ3) is 7.07. The minimum Gasteiger partial charge on any atom is -0.493 e. The summed E-state index contributed by atoms with van der Waals surface area (Å²) in [5.74, 6) is 1.73. The molecule has 11 heteroatoms. The lowest BCUT2D eigenvalue weighted by atomic mass is 10.0. The summed E-state index contributed by atoms with van der Waals surface area (Å²) in [5, 5.41) is 24.2. The number of aryl methyl sites for hydroxylation is 1. The predicted octanol–water partition coefficient (Wildman–Crippen LogP) is 6.51. The van der Waals surface area contributed by atoms with E-state index in [1.54, 1.807) is 30.3 Å². The van der Waals surface area contributed by atoms with Crippen LogP contribution in [0.2, 0.25) is 0 Å². The molecule has 0 aliphatic rings. The molecule has 0 bridgehead atoms. The third-order valence-electron chi connectivity index (χ3n) is 6.97. The first-order valence-corrected chi connectivity index (χ1v) is 14.8. The van der Waals surface area contributed by atoms with Crippen molar-refractivity contribution in [1.29, 1.82) is 0 Å². The summed E-state index contributed by atoms with van der Waals surface area (Å²) in [7, 11) is 3.05. The normalized spacial score (nSPS) is 11.5. The quantitative estimate of drug-likeness (QED) is 0.0966. The van der Waals surface area contributed by atoms with Crippen molar-refractivity contribution in [2.75, 3.05) is 14.2 Å². The van der Waals surface area contributed by atoms with E-state index in [0.717, 1.165) is 16.7 Å². The Morgan fingerprint density at radius 2 is 1.64 bits per heavy atom. The molecule has 1 unspecified atom stereocenters. The summed E-state index contributed by atoms with van der Waals surface area (Å²) in [4.78, 5) is 24.6. The number of methoxy groups -OCH3 is 2. The van der Waals surface area contributed by atoms with E-state index >= 15 is 0 Å². The van der Waals surface area contributed by atoms with Crippen LogP contribution in [0.3, 0.4) is 0 Å². The summed E-state index contributed by atoms with van der Waals surface area (Å²) >= 11 is 1.50. The first-order chi connectivity index (χ1) is 21.4. The molecule has 44 heavy (non-hydrogen) atoms. The number of aromatic nitrogens is 3. The highest BCUT2D eigenvalue weighted by Gasteiger charge is 2.26. The van der Waals surface area contributed by atoms with Gasteiger partial charge in [0.05, 0.1) is 25.2 Å². The summed E-state index contributed by atoms with van der Waals surface area (Å²) in [5.41, 5.74) is 4.26. The van der Waals surface area contributed by atoms with Gasteiger partial charge in [0, 0.05) is 29.1 Å². The molecule has 5 aromatic rings. The van der Waals surface area contributed by atoms with E-state index in [4.69, 9.17) is 9.47 Å². The highest BCUT2D eigenvalue weighted by Crippen LogP contribution is 2.31. The van der Waals surface area contributed by atoms with Crippen LogP contribution in [-0.4, -0.2) is 39.8 Å². The van der Waals surface area contributed by atoms with Gasteiger partial charge in [-0.05, 0) is 54.8 Å². The van der Waals surface area contributed by atoms with E-state index in [2.05, 4.69) is 27.6 Å². The van der Waals surface area contributed by atoms with Gasteiger partial charge in [0.25, 0.3) is 11.6 Å². The number of amides is 1. The Morgan fingerprint density at radius 3 is 2.32 bits per heavy atom. The van der Waals surface area contributed by atoms with Crippen molar-refractivity contribution in [2.45, 2.75) is 30.3 Å². The van der Waals surface area contributed by atoms with Gasteiger partial charge in [0.15, 0.2) is 22.5 Å². The van der Waals surface area contributed by atoms with Crippen LogP contribution in [0, 0.1) is 17.0 Å². The fourth-order valence-electron chi connectivity index (χ4n) is 4.79. The van der Waals surface area contributed by atoms with Crippen molar-refractivity contribution in [3.8, 4) is 17.2 Å². The van der Waals surface area contributed by atoms with Crippen LogP contribution in [0.15, 0.2) is 102 Å². The van der Waals surface area contributed by atoms with Crippen LogP contribution in [0.25, 0.3) is 5.69 Å². The van der Waals surface area contributed by atoms with Crippen molar-refractivity contribution in [3.63, 3.8) is 0 Å². The van der Waals surface area contributed by atoms with E-state index in [1.165, 1.54) is 38.1 Å². The van der Waals surface area contributed by atoms with Gasteiger partial charge >= 0.3 is 0 Å². The maximum absolute atomic E-state index is 13.7. The van der Waals surface area contributed by atoms with Crippen molar-refractivity contribution < 1.29 is 19.2 Å². The highest BCUT2D eigenvalue weighted by atomic mass is 32.2. The molecule has 1 heterocycles. The second-order valence-corrected chi connectivity index (χ2v) is 11.0. The number of ether oxygens (including phenoxy) is 2. The fraction of sp³-hybridized carbons (Fsp3) is 0.182. The Labute approximate surface area is 259 Å². The minimum atomic E-state index is -0.603.